The van der Waals surface area contributed by atoms with Gasteiger partial charge < -0.3 is 10.6 Å². The molecule has 1 aromatic heterocycles. The van der Waals surface area contributed by atoms with Crippen molar-refractivity contribution < 1.29 is 8.78 Å². The molecule has 0 amide bonds. The van der Waals surface area contributed by atoms with Gasteiger partial charge in [-0.3, -0.25) is 0 Å². The number of aromatic nitrogens is 1. The quantitative estimate of drug-likeness (QED) is 0.871. The third kappa shape index (κ3) is 3.00. The van der Waals surface area contributed by atoms with E-state index in [2.05, 4.69) is 15.6 Å². The molecule has 2 rings (SSSR count). The zero-order chi connectivity index (χ0) is 12.3. The average Bonchev–Trinajstić information content (AvgIpc) is 2.78. The first-order valence-corrected chi connectivity index (χ1v) is 6.80. The Bertz CT molecular complexity index is 395. The van der Waals surface area contributed by atoms with Gasteiger partial charge in [0.05, 0.1) is 0 Å². The van der Waals surface area contributed by atoms with Crippen LogP contribution in [0, 0.1) is 11.6 Å². The van der Waals surface area contributed by atoms with E-state index < -0.39 is 11.6 Å². The van der Waals surface area contributed by atoms with Crippen molar-refractivity contribution in [3.05, 3.63) is 17.7 Å². The van der Waals surface area contributed by atoms with Crippen LogP contribution in [0.2, 0.25) is 0 Å². The molecule has 17 heavy (non-hydrogen) atoms. The Kier molecular flexibility index (Phi) is 4.04. The van der Waals surface area contributed by atoms with Gasteiger partial charge >= 0.3 is 0 Å². The molecule has 0 spiro atoms. The predicted molar refractivity (Wildman–Crippen MR) is 67.7 cm³/mol. The number of nitrogens with zero attached hydrogens (tertiary/aromatic N) is 1. The van der Waals surface area contributed by atoms with Gasteiger partial charge in [0.15, 0.2) is 23.3 Å². The first-order chi connectivity index (χ1) is 8.20. The molecule has 1 aliphatic rings. The van der Waals surface area contributed by atoms with Crippen LogP contribution in [-0.2, 0) is 0 Å². The van der Waals surface area contributed by atoms with Crippen LogP contribution >= 0.6 is 11.8 Å². The maximum Gasteiger partial charge on any atom is 0.168 e. The normalized spacial score (nSPS) is 19.4. The minimum absolute atomic E-state index is 0.0991. The Hall–Kier alpha value is -1.04. The van der Waals surface area contributed by atoms with E-state index in [1.54, 1.807) is 0 Å². The zero-order valence-electron chi connectivity index (χ0n) is 9.59. The minimum atomic E-state index is -0.657. The summed E-state index contributed by atoms with van der Waals surface area (Å²) in [4.78, 5) is 3.94. The van der Waals surface area contributed by atoms with Gasteiger partial charge in [-0.25, -0.2) is 13.8 Å². The summed E-state index contributed by atoms with van der Waals surface area (Å²) >= 11 is 1.82. The van der Waals surface area contributed by atoms with Crippen LogP contribution in [0.1, 0.15) is 13.3 Å². The summed E-state index contributed by atoms with van der Waals surface area (Å²) in [5, 5.41) is 5.79. The van der Waals surface area contributed by atoms with Crippen molar-refractivity contribution in [1.29, 1.82) is 0 Å². The van der Waals surface area contributed by atoms with E-state index in [0.29, 0.717) is 6.54 Å². The van der Waals surface area contributed by atoms with Crippen LogP contribution < -0.4 is 10.6 Å². The molecule has 1 aromatic rings. The van der Waals surface area contributed by atoms with Gasteiger partial charge in [-0.1, -0.05) is 0 Å². The van der Waals surface area contributed by atoms with Crippen molar-refractivity contribution in [2.24, 2.45) is 0 Å². The highest BCUT2D eigenvalue weighted by atomic mass is 32.2. The Labute approximate surface area is 103 Å². The van der Waals surface area contributed by atoms with E-state index in [1.807, 2.05) is 18.7 Å². The van der Waals surface area contributed by atoms with Gasteiger partial charge in [-0.15, -0.1) is 0 Å². The molecule has 2 heterocycles. The third-order valence-electron chi connectivity index (χ3n) is 2.54. The molecular formula is C11H15F2N3S. The summed E-state index contributed by atoms with van der Waals surface area (Å²) < 4.78 is 26.9. The number of hydrogen-bond acceptors (Lipinski definition) is 4. The van der Waals surface area contributed by atoms with E-state index in [1.165, 1.54) is 0 Å². The minimum Gasteiger partial charge on any atom is -0.368 e. The van der Waals surface area contributed by atoms with Crippen LogP contribution in [0.5, 0.6) is 0 Å². The summed E-state index contributed by atoms with van der Waals surface area (Å²) in [7, 11) is 0. The van der Waals surface area contributed by atoms with Gasteiger partial charge in [0.25, 0.3) is 0 Å². The van der Waals surface area contributed by atoms with E-state index in [-0.39, 0.29) is 17.7 Å². The van der Waals surface area contributed by atoms with Gasteiger partial charge in [0.2, 0.25) is 0 Å². The molecule has 0 aliphatic carbocycles. The molecule has 0 radical (unpaired) electrons. The summed E-state index contributed by atoms with van der Waals surface area (Å²) in [6, 6.07) is 1.09. The summed E-state index contributed by atoms with van der Waals surface area (Å²) in [5.74, 6) is 0.948. The highest BCUT2D eigenvalue weighted by Gasteiger charge is 2.18. The fraction of sp³-hybridized carbons (Fsp3) is 0.545. The van der Waals surface area contributed by atoms with E-state index in [9.17, 15) is 8.78 Å². The van der Waals surface area contributed by atoms with Gasteiger partial charge in [0.1, 0.15) is 0 Å². The van der Waals surface area contributed by atoms with Crippen LogP contribution in [0.3, 0.4) is 0 Å². The number of pyridine rings is 1. The second kappa shape index (κ2) is 5.53. The maximum absolute atomic E-state index is 13.5. The zero-order valence-corrected chi connectivity index (χ0v) is 10.4. The van der Waals surface area contributed by atoms with Crippen LogP contribution in [0.25, 0.3) is 0 Å². The Morgan fingerprint density at radius 3 is 2.82 bits per heavy atom. The molecule has 1 unspecified atom stereocenters. The average molecular weight is 259 g/mol. The van der Waals surface area contributed by atoms with Crippen LogP contribution in [0.15, 0.2) is 6.07 Å². The monoisotopic (exact) mass is 259 g/mol. The van der Waals surface area contributed by atoms with E-state index in [4.69, 9.17) is 0 Å². The van der Waals surface area contributed by atoms with Crippen molar-refractivity contribution in [3.8, 4) is 0 Å². The lowest BCUT2D eigenvalue weighted by molar-refractivity contribution is 0.576. The van der Waals surface area contributed by atoms with E-state index in [0.717, 1.165) is 24.0 Å². The standard InChI is InChI=1S/C11H15F2N3S/c1-2-14-10-8(12)5-9(13)11(16-10)15-7-3-4-17-6-7/h5,7H,2-4,6H2,1H3,(H2,14,15,16). The smallest absolute Gasteiger partial charge is 0.168 e. The highest BCUT2D eigenvalue weighted by Crippen LogP contribution is 2.24. The second-order valence-corrected chi connectivity index (χ2v) is 5.03. The molecule has 1 fully saturated rings. The topological polar surface area (TPSA) is 37.0 Å². The predicted octanol–water partition coefficient (Wildman–Crippen LogP) is 2.71. The molecule has 94 valence electrons. The molecule has 0 bridgehead atoms. The number of nitrogens with one attached hydrogen (secondary N) is 2. The van der Waals surface area contributed by atoms with Gasteiger partial charge in [0, 0.05) is 24.4 Å². The first kappa shape index (κ1) is 12.4. The van der Waals surface area contributed by atoms with Crippen molar-refractivity contribution in [2.75, 3.05) is 28.7 Å². The fourth-order valence-electron chi connectivity index (χ4n) is 1.70. The maximum atomic E-state index is 13.5. The molecular weight excluding hydrogens is 244 g/mol. The highest BCUT2D eigenvalue weighted by molar-refractivity contribution is 7.99. The molecule has 6 heteroatoms. The van der Waals surface area contributed by atoms with Gasteiger partial charge in [-0.2, -0.15) is 11.8 Å². The second-order valence-electron chi connectivity index (χ2n) is 3.88. The SMILES string of the molecule is CCNc1nc(NC2CCSC2)c(F)cc1F. The number of anilines is 2. The molecule has 1 atom stereocenters. The molecule has 1 aliphatic heterocycles. The number of hydrogen-bond donors (Lipinski definition) is 2. The molecule has 0 aromatic carbocycles. The van der Waals surface area contributed by atoms with Crippen molar-refractivity contribution in [1.82, 2.24) is 4.98 Å². The molecule has 0 saturated carbocycles. The van der Waals surface area contributed by atoms with Crippen LogP contribution in [-0.4, -0.2) is 29.1 Å². The molecule has 3 nitrogen and oxygen atoms in total. The lowest BCUT2D eigenvalue weighted by Crippen LogP contribution is -2.20. The van der Waals surface area contributed by atoms with Crippen molar-refractivity contribution >= 4 is 23.4 Å². The lowest BCUT2D eigenvalue weighted by atomic mass is 10.2. The molecule has 2 N–H and O–H groups in total. The summed E-state index contributed by atoms with van der Waals surface area (Å²) in [6.07, 6.45) is 0.986. The Morgan fingerprint density at radius 2 is 2.18 bits per heavy atom. The number of rotatable bonds is 4. The van der Waals surface area contributed by atoms with Crippen molar-refractivity contribution in [2.45, 2.75) is 19.4 Å². The van der Waals surface area contributed by atoms with Gasteiger partial charge in [-0.05, 0) is 19.1 Å². The summed E-state index contributed by atoms with van der Waals surface area (Å²) in [5.41, 5.74) is 0. The van der Waals surface area contributed by atoms with E-state index >= 15 is 0 Å². The largest absolute Gasteiger partial charge is 0.368 e. The third-order valence-corrected chi connectivity index (χ3v) is 3.71. The van der Waals surface area contributed by atoms with Crippen molar-refractivity contribution in [3.63, 3.8) is 0 Å². The molecule has 1 saturated heterocycles. The lowest BCUT2D eigenvalue weighted by Gasteiger charge is -2.14. The Morgan fingerprint density at radius 1 is 1.41 bits per heavy atom. The Balaban J connectivity index is 2.16. The fourth-order valence-corrected chi connectivity index (χ4v) is 2.85. The first-order valence-electron chi connectivity index (χ1n) is 5.65. The summed E-state index contributed by atoms with van der Waals surface area (Å²) in [6.45, 7) is 2.39. The number of thioether (sulfide) groups is 1. The van der Waals surface area contributed by atoms with Crippen LogP contribution in [0.4, 0.5) is 20.4 Å². The number of halogens is 2.